The number of amides is 1. The van der Waals surface area contributed by atoms with E-state index in [2.05, 4.69) is 38.4 Å². The second-order valence-electron chi connectivity index (χ2n) is 6.71. The quantitative estimate of drug-likeness (QED) is 0.783. The molecule has 1 aromatic rings. The Bertz CT molecular complexity index is 736. The number of nitrogens with one attached hydrogen (secondary N) is 2. The first-order valence-corrected chi connectivity index (χ1v) is 11.1. The summed E-state index contributed by atoms with van der Waals surface area (Å²) < 4.78 is 5.38. The number of hydrogen-bond donors (Lipinski definition) is 2. The molecular formula is C18H25N5O2S2. The van der Waals surface area contributed by atoms with Gasteiger partial charge in [-0.2, -0.15) is 0 Å². The van der Waals surface area contributed by atoms with Crippen LogP contribution in [0, 0.1) is 0 Å². The lowest BCUT2D eigenvalue weighted by Gasteiger charge is -2.34. The lowest BCUT2D eigenvalue weighted by atomic mass is 10.3. The summed E-state index contributed by atoms with van der Waals surface area (Å²) in [4.78, 5) is 21.9. The molecule has 0 aliphatic carbocycles. The van der Waals surface area contributed by atoms with Crippen molar-refractivity contribution < 1.29 is 9.53 Å². The van der Waals surface area contributed by atoms with Crippen molar-refractivity contribution in [3.63, 3.8) is 0 Å². The summed E-state index contributed by atoms with van der Waals surface area (Å²) in [6.07, 6.45) is 4.16. The van der Waals surface area contributed by atoms with Gasteiger partial charge in [0.1, 0.15) is 5.69 Å². The minimum Gasteiger partial charge on any atom is -0.378 e. The van der Waals surface area contributed by atoms with E-state index in [1.54, 1.807) is 11.8 Å². The van der Waals surface area contributed by atoms with Crippen molar-refractivity contribution in [1.82, 2.24) is 20.5 Å². The van der Waals surface area contributed by atoms with Crippen molar-refractivity contribution in [3.8, 4) is 0 Å². The molecule has 1 unspecified atom stereocenters. The Morgan fingerprint density at radius 1 is 1.26 bits per heavy atom. The molecule has 2 N–H and O–H groups in total. The summed E-state index contributed by atoms with van der Waals surface area (Å²) in [6.45, 7) is 9.10. The number of carbonyl (C=O) groups excluding carboxylic acids is 1. The Morgan fingerprint density at radius 3 is 2.81 bits per heavy atom. The summed E-state index contributed by atoms with van der Waals surface area (Å²) >= 11 is 3.32. The van der Waals surface area contributed by atoms with Crippen LogP contribution in [0.3, 0.4) is 0 Å². The van der Waals surface area contributed by atoms with Crippen LogP contribution in [0.2, 0.25) is 0 Å². The summed E-state index contributed by atoms with van der Waals surface area (Å²) in [5.74, 6) is -0.145. The molecule has 0 radical (unpaired) electrons. The molecule has 0 bridgehead atoms. The normalized spacial score (nSPS) is 23.7. The minimum atomic E-state index is -0.145. The summed E-state index contributed by atoms with van der Waals surface area (Å²) in [7, 11) is 0. The van der Waals surface area contributed by atoms with E-state index in [9.17, 15) is 4.79 Å². The molecule has 0 spiro atoms. The molecule has 4 rings (SSSR count). The fourth-order valence-corrected chi connectivity index (χ4v) is 5.19. The second kappa shape index (κ2) is 8.64. The first kappa shape index (κ1) is 18.8. The second-order valence-corrected chi connectivity index (χ2v) is 8.91. The van der Waals surface area contributed by atoms with Gasteiger partial charge < -0.3 is 25.2 Å². The fraction of sp³-hybridized carbons (Fsp3) is 0.556. The first-order chi connectivity index (χ1) is 13.2. The van der Waals surface area contributed by atoms with Crippen LogP contribution in [0.1, 0.15) is 17.4 Å². The van der Waals surface area contributed by atoms with Gasteiger partial charge in [0.05, 0.1) is 23.9 Å². The van der Waals surface area contributed by atoms with Crippen LogP contribution in [-0.4, -0.2) is 73.5 Å². The predicted molar refractivity (Wildman–Crippen MR) is 110 cm³/mol. The van der Waals surface area contributed by atoms with Crippen LogP contribution in [-0.2, 0) is 4.74 Å². The molecule has 1 amide bonds. The SMILES string of the molecule is CC1C=CC(NC(=O)c2csc(N3CCOCC3)n2)=C(N2CCNCC2)S1. The van der Waals surface area contributed by atoms with E-state index in [1.165, 1.54) is 11.3 Å². The van der Waals surface area contributed by atoms with Gasteiger partial charge in [-0.15, -0.1) is 11.3 Å². The predicted octanol–water partition coefficient (Wildman–Crippen LogP) is 1.48. The van der Waals surface area contributed by atoms with Gasteiger partial charge in [0, 0.05) is 49.9 Å². The van der Waals surface area contributed by atoms with Gasteiger partial charge in [-0.25, -0.2) is 4.98 Å². The zero-order chi connectivity index (χ0) is 18.6. The van der Waals surface area contributed by atoms with Crippen LogP contribution < -0.4 is 15.5 Å². The third-order valence-corrected chi connectivity index (χ3v) is 6.85. The largest absolute Gasteiger partial charge is 0.378 e. The maximum atomic E-state index is 12.8. The highest BCUT2D eigenvalue weighted by molar-refractivity contribution is 8.03. The Balaban J connectivity index is 1.48. The molecule has 1 atom stereocenters. The molecule has 3 aliphatic heterocycles. The molecule has 3 aliphatic rings. The van der Waals surface area contributed by atoms with Gasteiger partial charge in [-0.3, -0.25) is 4.79 Å². The van der Waals surface area contributed by atoms with Crippen molar-refractivity contribution in [1.29, 1.82) is 0 Å². The van der Waals surface area contributed by atoms with E-state index in [0.717, 1.165) is 55.1 Å². The molecule has 1 aromatic heterocycles. The highest BCUT2D eigenvalue weighted by Crippen LogP contribution is 2.33. The number of thioether (sulfide) groups is 1. The smallest absolute Gasteiger partial charge is 0.275 e. The first-order valence-electron chi connectivity index (χ1n) is 9.35. The molecule has 0 aromatic carbocycles. The fourth-order valence-electron chi connectivity index (χ4n) is 3.24. The maximum Gasteiger partial charge on any atom is 0.275 e. The van der Waals surface area contributed by atoms with E-state index >= 15 is 0 Å². The number of nitrogens with zero attached hydrogens (tertiary/aromatic N) is 3. The van der Waals surface area contributed by atoms with Gasteiger partial charge in [0.25, 0.3) is 5.91 Å². The number of morpholine rings is 1. The number of ether oxygens (including phenoxy) is 1. The monoisotopic (exact) mass is 407 g/mol. The molecule has 146 valence electrons. The van der Waals surface area contributed by atoms with Crippen molar-refractivity contribution >= 4 is 34.1 Å². The topological polar surface area (TPSA) is 69.7 Å². The molecule has 27 heavy (non-hydrogen) atoms. The van der Waals surface area contributed by atoms with E-state index in [-0.39, 0.29) is 5.91 Å². The number of thiazole rings is 1. The van der Waals surface area contributed by atoms with Crippen molar-refractivity contribution in [2.45, 2.75) is 12.2 Å². The highest BCUT2D eigenvalue weighted by Gasteiger charge is 2.24. The lowest BCUT2D eigenvalue weighted by Crippen LogP contribution is -2.44. The zero-order valence-corrected chi connectivity index (χ0v) is 17.1. The number of rotatable bonds is 4. The molecule has 2 saturated heterocycles. The Morgan fingerprint density at radius 2 is 2.04 bits per heavy atom. The summed E-state index contributed by atoms with van der Waals surface area (Å²) in [6, 6.07) is 0. The van der Waals surface area contributed by atoms with Crippen molar-refractivity contribution in [3.05, 3.63) is 34.0 Å². The van der Waals surface area contributed by atoms with E-state index in [1.807, 2.05) is 11.5 Å². The van der Waals surface area contributed by atoms with E-state index < -0.39 is 0 Å². The van der Waals surface area contributed by atoms with E-state index in [0.29, 0.717) is 24.2 Å². The Labute approximate surface area is 167 Å². The zero-order valence-electron chi connectivity index (χ0n) is 15.4. The standard InChI is InChI=1S/C18H25N5O2S2/c1-13-2-3-14(17(27-13)22-6-4-19-5-7-22)20-16(24)15-12-26-18(21-15)23-8-10-25-11-9-23/h2-3,12-13,19H,4-11H2,1H3,(H,20,24). The molecule has 4 heterocycles. The molecule has 9 heteroatoms. The van der Waals surface area contributed by atoms with Gasteiger partial charge in [-0.1, -0.05) is 17.8 Å². The van der Waals surface area contributed by atoms with Crippen LogP contribution >= 0.6 is 23.1 Å². The average Bonchev–Trinajstić information content (AvgIpc) is 3.21. The van der Waals surface area contributed by atoms with Crippen molar-refractivity contribution in [2.24, 2.45) is 0 Å². The highest BCUT2D eigenvalue weighted by atomic mass is 32.2. The molecule has 0 saturated carbocycles. The number of carbonyl (C=O) groups is 1. The third kappa shape index (κ3) is 4.48. The van der Waals surface area contributed by atoms with Crippen LogP contribution in [0.25, 0.3) is 0 Å². The Hall–Kier alpha value is -1.55. The summed E-state index contributed by atoms with van der Waals surface area (Å²) in [5.41, 5.74) is 1.36. The number of allylic oxidation sites excluding steroid dienone is 1. The van der Waals surface area contributed by atoms with Gasteiger partial charge in [0.15, 0.2) is 5.13 Å². The molecule has 7 nitrogen and oxygen atoms in total. The molecule has 2 fully saturated rings. The number of hydrogen-bond acceptors (Lipinski definition) is 8. The molecular weight excluding hydrogens is 382 g/mol. The Kier molecular flexibility index (Phi) is 6.01. The van der Waals surface area contributed by atoms with E-state index in [4.69, 9.17) is 4.74 Å². The van der Waals surface area contributed by atoms with Gasteiger partial charge >= 0.3 is 0 Å². The van der Waals surface area contributed by atoms with Gasteiger partial charge in [0.2, 0.25) is 0 Å². The van der Waals surface area contributed by atoms with Crippen LogP contribution in [0.4, 0.5) is 5.13 Å². The van der Waals surface area contributed by atoms with Crippen LogP contribution in [0.15, 0.2) is 28.3 Å². The number of piperazine rings is 1. The van der Waals surface area contributed by atoms with Crippen LogP contribution in [0.5, 0.6) is 0 Å². The third-order valence-electron chi connectivity index (χ3n) is 4.72. The average molecular weight is 408 g/mol. The maximum absolute atomic E-state index is 12.8. The number of anilines is 1. The van der Waals surface area contributed by atoms with Crippen molar-refractivity contribution in [2.75, 3.05) is 57.4 Å². The van der Waals surface area contributed by atoms with Gasteiger partial charge in [-0.05, 0) is 13.0 Å². The summed E-state index contributed by atoms with van der Waals surface area (Å²) in [5, 5.41) is 10.8. The lowest BCUT2D eigenvalue weighted by molar-refractivity contribution is 0.0962. The number of aromatic nitrogens is 1. The minimum absolute atomic E-state index is 0.145.